The van der Waals surface area contributed by atoms with E-state index < -0.39 is 0 Å². The summed E-state index contributed by atoms with van der Waals surface area (Å²) in [4.78, 5) is 28.9. The molecule has 0 aliphatic heterocycles. The first kappa shape index (κ1) is 23.1. The highest BCUT2D eigenvalue weighted by Gasteiger charge is 2.20. The van der Waals surface area contributed by atoms with E-state index in [4.69, 9.17) is 9.15 Å². The second-order valence-electron chi connectivity index (χ2n) is 7.71. The molecule has 2 aromatic carbocycles. The lowest BCUT2D eigenvalue weighted by Gasteiger charge is -2.22. The predicted octanol–water partition coefficient (Wildman–Crippen LogP) is 3.36. The number of nitrogens with zero attached hydrogens (tertiary/aromatic N) is 2. The van der Waals surface area contributed by atoms with Crippen LogP contribution in [0.2, 0.25) is 0 Å². The number of ether oxygens (including phenoxy) is 1. The van der Waals surface area contributed by atoms with E-state index >= 15 is 0 Å². The van der Waals surface area contributed by atoms with Gasteiger partial charge in [0.2, 0.25) is 5.91 Å². The number of furan rings is 1. The van der Waals surface area contributed by atoms with Crippen molar-refractivity contribution in [2.75, 3.05) is 39.2 Å². The summed E-state index contributed by atoms with van der Waals surface area (Å²) in [5, 5.41) is 2.91. The van der Waals surface area contributed by atoms with Gasteiger partial charge in [-0.25, -0.2) is 0 Å². The summed E-state index contributed by atoms with van der Waals surface area (Å²) in [6.07, 6.45) is 1.77. The zero-order valence-electron chi connectivity index (χ0n) is 18.7. The van der Waals surface area contributed by atoms with Crippen LogP contribution in [0.15, 0.2) is 71.3 Å². The van der Waals surface area contributed by atoms with Gasteiger partial charge >= 0.3 is 0 Å². The highest BCUT2D eigenvalue weighted by Crippen LogP contribution is 2.22. The molecule has 0 aliphatic carbocycles. The zero-order chi connectivity index (χ0) is 22.9. The topological polar surface area (TPSA) is 75.0 Å². The smallest absolute Gasteiger partial charge is 0.294 e. The maximum absolute atomic E-state index is 13.1. The van der Waals surface area contributed by atoms with Crippen LogP contribution in [0.4, 0.5) is 5.69 Å². The van der Waals surface area contributed by atoms with E-state index in [9.17, 15) is 9.59 Å². The number of rotatable bonds is 10. The van der Waals surface area contributed by atoms with E-state index in [1.807, 2.05) is 67.5 Å². The molecule has 0 unspecified atom stereocenters. The van der Waals surface area contributed by atoms with Crippen molar-refractivity contribution in [3.8, 4) is 5.75 Å². The summed E-state index contributed by atoms with van der Waals surface area (Å²) in [5.41, 5.74) is 2.56. The first-order valence-electron chi connectivity index (χ1n) is 10.4. The Morgan fingerprint density at radius 3 is 2.25 bits per heavy atom. The molecule has 0 atom stereocenters. The third kappa shape index (κ3) is 6.46. The molecule has 0 bridgehead atoms. The van der Waals surface area contributed by atoms with Crippen molar-refractivity contribution < 1.29 is 18.7 Å². The molecule has 7 heteroatoms. The summed E-state index contributed by atoms with van der Waals surface area (Å²) in [7, 11) is 5.55. The number of nitrogens with one attached hydrogen (secondary N) is 1. The van der Waals surface area contributed by atoms with Gasteiger partial charge < -0.3 is 24.3 Å². The molecular formula is C25H29N3O4. The molecule has 1 N–H and O–H groups in total. The SMILES string of the molecule is COc1ccc(CN(C(=O)c2ccco2)c2ccc(CC(=O)NCCN(C)C)cc2)cc1. The largest absolute Gasteiger partial charge is 0.497 e. The van der Waals surface area contributed by atoms with Crippen LogP contribution in [0.5, 0.6) is 5.75 Å². The lowest BCUT2D eigenvalue weighted by atomic mass is 10.1. The van der Waals surface area contributed by atoms with Gasteiger partial charge in [0.15, 0.2) is 5.76 Å². The average molecular weight is 436 g/mol. The summed E-state index contributed by atoms with van der Waals surface area (Å²) >= 11 is 0. The number of benzene rings is 2. The number of anilines is 1. The van der Waals surface area contributed by atoms with Gasteiger partial charge in [-0.15, -0.1) is 0 Å². The van der Waals surface area contributed by atoms with Crippen LogP contribution in [-0.2, 0) is 17.8 Å². The minimum absolute atomic E-state index is 0.0265. The van der Waals surface area contributed by atoms with Gasteiger partial charge in [-0.1, -0.05) is 24.3 Å². The van der Waals surface area contributed by atoms with Crippen molar-refractivity contribution in [1.29, 1.82) is 0 Å². The summed E-state index contributed by atoms with van der Waals surface area (Å²) < 4.78 is 10.6. The van der Waals surface area contributed by atoms with Crippen molar-refractivity contribution in [2.45, 2.75) is 13.0 Å². The van der Waals surface area contributed by atoms with Crippen molar-refractivity contribution in [3.63, 3.8) is 0 Å². The lowest BCUT2D eigenvalue weighted by Crippen LogP contribution is -2.32. The molecule has 0 aliphatic rings. The van der Waals surface area contributed by atoms with Crippen LogP contribution in [0.1, 0.15) is 21.7 Å². The fourth-order valence-electron chi connectivity index (χ4n) is 3.19. The summed E-state index contributed by atoms with van der Waals surface area (Å²) in [6.45, 7) is 1.77. The quantitative estimate of drug-likeness (QED) is 0.529. The molecule has 2 amide bonds. The molecule has 1 heterocycles. The van der Waals surface area contributed by atoms with Crippen molar-refractivity contribution >= 4 is 17.5 Å². The molecule has 1 aromatic heterocycles. The first-order valence-corrected chi connectivity index (χ1v) is 10.4. The predicted molar refractivity (Wildman–Crippen MR) is 124 cm³/mol. The highest BCUT2D eigenvalue weighted by atomic mass is 16.5. The summed E-state index contributed by atoms with van der Waals surface area (Å²) in [6, 6.07) is 18.4. The molecule has 3 rings (SSSR count). The molecular weight excluding hydrogens is 406 g/mol. The van der Waals surface area contributed by atoms with Gasteiger partial charge in [0.25, 0.3) is 5.91 Å². The number of hydrogen-bond acceptors (Lipinski definition) is 5. The van der Waals surface area contributed by atoms with Crippen molar-refractivity contribution in [1.82, 2.24) is 10.2 Å². The Kier molecular flexibility index (Phi) is 8.05. The Hall–Kier alpha value is -3.58. The van der Waals surface area contributed by atoms with E-state index in [0.717, 1.165) is 29.1 Å². The Morgan fingerprint density at radius 2 is 1.66 bits per heavy atom. The van der Waals surface area contributed by atoms with Gasteiger partial charge in [-0.05, 0) is 61.6 Å². The molecule has 0 saturated carbocycles. The van der Waals surface area contributed by atoms with Crippen LogP contribution in [0.25, 0.3) is 0 Å². The van der Waals surface area contributed by atoms with E-state index in [-0.39, 0.29) is 24.0 Å². The van der Waals surface area contributed by atoms with Crippen LogP contribution in [0, 0.1) is 0 Å². The number of hydrogen-bond donors (Lipinski definition) is 1. The average Bonchev–Trinajstić information content (AvgIpc) is 3.33. The minimum Gasteiger partial charge on any atom is -0.497 e. The molecule has 7 nitrogen and oxygen atoms in total. The molecule has 0 fully saturated rings. The third-order valence-corrected chi connectivity index (χ3v) is 4.97. The zero-order valence-corrected chi connectivity index (χ0v) is 18.7. The lowest BCUT2D eigenvalue weighted by molar-refractivity contribution is -0.120. The second-order valence-corrected chi connectivity index (χ2v) is 7.71. The summed E-state index contributed by atoms with van der Waals surface area (Å²) in [5.74, 6) is 0.759. The standard InChI is InChI=1S/C25H29N3O4/c1-27(2)15-14-26-24(29)17-19-6-10-21(11-7-19)28(25(30)23-5-4-16-32-23)18-20-8-12-22(31-3)13-9-20/h4-13,16H,14-15,17-18H2,1-3H3,(H,26,29). The third-order valence-electron chi connectivity index (χ3n) is 4.97. The van der Waals surface area contributed by atoms with Gasteiger partial charge in [-0.3, -0.25) is 9.59 Å². The molecule has 0 radical (unpaired) electrons. The molecule has 0 saturated heterocycles. The number of carbonyl (C=O) groups excluding carboxylic acids is 2. The molecule has 168 valence electrons. The number of likely N-dealkylation sites (N-methyl/N-ethyl adjacent to an activating group) is 1. The van der Waals surface area contributed by atoms with E-state index in [2.05, 4.69) is 5.32 Å². The Morgan fingerprint density at radius 1 is 0.969 bits per heavy atom. The van der Waals surface area contributed by atoms with Gasteiger partial charge in [-0.2, -0.15) is 0 Å². The second kappa shape index (κ2) is 11.2. The number of amides is 2. The van der Waals surface area contributed by atoms with Crippen molar-refractivity contribution in [3.05, 3.63) is 83.8 Å². The van der Waals surface area contributed by atoms with Crippen LogP contribution in [0.3, 0.4) is 0 Å². The van der Waals surface area contributed by atoms with Gasteiger partial charge in [0.05, 0.1) is 26.3 Å². The van der Waals surface area contributed by atoms with E-state index in [1.54, 1.807) is 24.1 Å². The fraction of sp³-hybridized carbons (Fsp3) is 0.280. The van der Waals surface area contributed by atoms with Crippen LogP contribution >= 0.6 is 0 Å². The number of carbonyl (C=O) groups is 2. The van der Waals surface area contributed by atoms with Crippen LogP contribution in [-0.4, -0.2) is 51.0 Å². The fourth-order valence-corrected chi connectivity index (χ4v) is 3.19. The maximum Gasteiger partial charge on any atom is 0.294 e. The van der Waals surface area contributed by atoms with Gasteiger partial charge in [0.1, 0.15) is 5.75 Å². The van der Waals surface area contributed by atoms with Crippen molar-refractivity contribution in [2.24, 2.45) is 0 Å². The van der Waals surface area contributed by atoms with E-state index in [0.29, 0.717) is 13.1 Å². The molecule has 0 spiro atoms. The highest BCUT2D eigenvalue weighted by molar-refractivity contribution is 6.04. The van der Waals surface area contributed by atoms with Crippen LogP contribution < -0.4 is 15.0 Å². The normalized spacial score (nSPS) is 10.8. The minimum atomic E-state index is -0.236. The monoisotopic (exact) mass is 435 g/mol. The van der Waals surface area contributed by atoms with E-state index in [1.165, 1.54) is 6.26 Å². The Bertz CT molecular complexity index is 997. The molecule has 3 aromatic rings. The van der Waals surface area contributed by atoms with Gasteiger partial charge in [0, 0.05) is 18.8 Å². The molecule has 32 heavy (non-hydrogen) atoms. The Balaban J connectivity index is 1.73. The first-order chi connectivity index (χ1) is 15.5. The number of methoxy groups -OCH3 is 1. The maximum atomic E-state index is 13.1. The Labute approximate surface area is 188 Å².